The van der Waals surface area contributed by atoms with Crippen LogP contribution in [0, 0.1) is 0 Å². The molecule has 27 heavy (non-hydrogen) atoms. The summed E-state index contributed by atoms with van der Waals surface area (Å²) in [6.45, 7) is 9.22. The molecule has 0 radical (unpaired) electrons. The van der Waals surface area contributed by atoms with Gasteiger partial charge in [-0.2, -0.15) is 0 Å². The van der Waals surface area contributed by atoms with Crippen LogP contribution in [0.3, 0.4) is 0 Å². The third-order valence-corrected chi connectivity index (χ3v) is 4.87. The van der Waals surface area contributed by atoms with E-state index in [2.05, 4.69) is 6.58 Å². The topological polar surface area (TPSA) is 59.1 Å². The number of hydrogen-bond donors (Lipinski definition) is 0. The molecule has 0 aliphatic carbocycles. The van der Waals surface area contributed by atoms with Crippen LogP contribution in [0.4, 0.5) is 0 Å². The van der Waals surface area contributed by atoms with Crippen LogP contribution >= 0.6 is 0 Å². The van der Waals surface area contributed by atoms with Crippen molar-refractivity contribution in [2.75, 3.05) is 39.4 Å². The summed E-state index contributed by atoms with van der Waals surface area (Å²) < 4.78 is 11.2. The molecule has 3 rings (SSSR count). The van der Waals surface area contributed by atoms with Crippen molar-refractivity contribution in [2.45, 2.75) is 32.3 Å². The maximum Gasteiger partial charge on any atom is 0.254 e. The Hall–Kier alpha value is -2.34. The minimum atomic E-state index is -0.297. The molecule has 2 amide bonds. The van der Waals surface area contributed by atoms with Gasteiger partial charge in [0.25, 0.3) is 11.8 Å². The standard InChI is InChI=1S/C21H28N2O4/c1-16(2)15-27-18-7-3-6-17(14-18)20(24)22-9-5-10-23(12-11-22)21(25)19-8-4-13-26-19/h3,6-7,14,19H,1,4-5,8-13,15H2,2H3/t19-/m0/s1. The molecule has 1 aromatic rings. The van der Waals surface area contributed by atoms with Crippen molar-refractivity contribution in [1.29, 1.82) is 0 Å². The van der Waals surface area contributed by atoms with Gasteiger partial charge in [-0.1, -0.05) is 12.6 Å². The largest absolute Gasteiger partial charge is 0.489 e. The van der Waals surface area contributed by atoms with Gasteiger partial charge in [-0.25, -0.2) is 0 Å². The summed E-state index contributed by atoms with van der Waals surface area (Å²) in [5.74, 6) is 0.702. The average Bonchev–Trinajstić information content (AvgIpc) is 3.10. The number of nitrogens with zero attached hydrogens (tertiary/aromatic N) is 2. The van der Waals surface area contributed by atoms with Crippen LogP contribution in [0.5, 0.6) is 5.75 Å². The minimum absolute atomic E-state index is 0.0257. The molecule has 6 nitrogen and oxygen atoms in total. The molecule has 2 aliphatic heterocycles. The molecule has 0 saturated carbocycles. The number of amides is 2. The van der Waals surface area contributed by atoms with E-state index in [0.29, 0.717) is 50.7 Å². The highest BCUT2D eigenvalue weighted by Crippen LogP contribution is 2.19. The molecule has 0 bridgehead atoms. The first-order valence-corrected chi connectivity index (χ1v) is 9.61. The quantitative estimate of drug-likeness (QED) is 0.745. The molecule has 0 N–H and O–H groups in total. The fourth-order valence-corrected chi connectivity index (χ4v) is 3.43. The van der Waals surface area contributed by atoms with Gasteiger partial charge >= 0.3 is 0 Å². The van der Waals surface area contributed by atoms with Crippen molar-refractivity contribution in [3.63, 3.8) is 0 Å². The molecule has 2 fully saturated rings. The number of carbonyl (C=O) groups is 2. The first-order chi connectivity index (χ1) is 13.0. The van der Waals surface area contributed by atoms with Gasteiger partial charge in [0.2, 0.25) is 0 Å². The van der Waals surface area contributed by atoms with Crippen LogP contribution in [0.15, 0.2) is 36.4 Å². The zero-order valence-corrected chi connectivity index (χ0v) is 16.0. The Balaban J connectivity index is 1.59. The molecular formula is C21H28N2O4. The van der Waals surface area contributed by atoms with E-state index in [1.165, 1.54) is 0 Å². The smallest absolute Gasteiger partial charge is 0.254 e. The normalized spacial score (nSPS) is 20.3. The Morgan fingerprint density at radius 2 is 1.96 bits per heavy atom. The number of rotatable bonds is 5. The van der Waals surface area contributed by atoms with E-state index in [-0.39, 0.29) is 17.9 Å². The highest BCUT2D eigenvalue weighted by molar-refractivity contribution is 5.94. The SMILES string of the molecule is C=C(C)COc1cccc(C(=O)N2CCCN(C(=O)[C@@H]3CCCO3)CC2)c1. The zero-order chi connectivity index (χ0) is 19.2. The fraction of sp³-hybridized carbons (Fsp3) is 0.524. The highest BCUT2D eigenvalue weighted by Gasteiger charge is 2.30. The van der Waals surface area contributed by atoms with Gasteiger partial charge in [-0.3, -0.25) is 9.59 Å². The molecule has 2 aliphatic rings. The Labute approximate surface area is 160 Å². The van der Waals surface area contributed by atoms with E-state index in [1.54, 1.807) is 12.1 Å². The van der Waals surface area contributed by atoms with Gasteiger partial charge in [0.1, 0.15) is 18.5 Å². The molecule has 0 spiro atoms. The van der Waals surface area contributed by atoms with E-state index in [0.717, 1.165) is 24.8 Å². The van der Waals surface area contributed by atoms with Crippen LogP contribution in [0.2, 0.25) is 0 Å². The zero-order valence-electron chi connectivity index (χ0n) is 16.0. The maximum atomic E-state index is 12.9. The summed E-state index contributed by atoms with van der Waals surface area (Å²) in [7, 11) is 0. The molecule has 1 aromatic carbocycles. The molecule has 1 atom stereocenters. The molecule has 2 saturated heterocycles. The lowest BCUT2D eigenvalue weighted by Gasteiger charge is -2.24. The Morgan fingerprint density at radius 1 is 1.19 bits per heavy atom. The van der Waals surface area contributed by atoms with Gasteiger partial charge in [-0.15, -0.1) is 0 Å². The summed E-state index contributed by atoms with van der Waals surface area (Å²) in [5.41, 5.74) is 1.53. The maximum absolute atomic E-state index is 12.9. The third-order valence-electron chi connectivity index (χ3n) is 4.87. The van der Waals surface area contributed by atoms with Gasteiger partial charge in [0.15, 0.2) is 0 Å². The predicted molar refractivity (Wildman–Crippen MR) is 103 cm³/mol. The summed E-state index contributed by atoms with van der Waals surface area (Å²) in [6, 6.07) is 7.23. The van der Waals surface area contributed by atoms with E-state index >= 15 is 0 Å². The Bertz CT molecular complexity index is 697. The van der Waals surface area contributed by atoms with Crippen molar-refractivity contribution in [1.82, 2.24) is 9.80 Å². The average molecular weight is 372 g/mol. The van der Waals surface area contributed by atoms with Crippen molar-refractivity contribution in [2.24, 2.45) is 0 Å². The Kier molecular flexibility index (Phi) is 6.50. The van der Waals surface area contributed by atoms with Crippen LogP contribution < -0.4 is 4.74 Å². The number of ether oxygens (including phenoxy) is 2. The van der Waals surface area contributed by atoms with Crippen LogP contribution in [0.25, 0.3) is 0 Å². The monoisotopic (exact) mass is 372 g/mol. The van der Waals surface area contributed by atoms with Crippen LogP contribution in [0.1, 0.15) is 36.5 Å². The number of hydrogen-bond acceptors (Lipinski definition) is 4. The van der Waals surface area contributed by atoms with E-state index < -0.39 is 0 Å². The molecular weight excluding hydrogens is 344 g/mol. The second kappa shape index (κ2) is 9.04. The van der Waals surface area contributed by atoms with Crippen molar-refractivity contribution < 1.29 is 19.1 Å². The van der Waals surface area contributed by atoms with E-state index in [4.69, 9.17) is 9.47 Å². The van der Waals surface area contributed by atoms with E-state index in [9.17, 15) is 9.59 Å². The Morgan fingerprint density at radius 3 is 2.70 bits per heavy atom. The highest BCUT2D eigenvalue weighted by atomic mass is 16.5. The van der Waals surface area contributed by atoms with Gasteiger partial charge in [0, 0.05) is 38.3 Å². The molecule has 6 heteroatoms. The van der Waals surface area contributed by atoms with Crippen LogP contribution in [-0.2, 0) is 9.53 Å². The second-order valence-corrected chi connectivity index (χ2v) is 7.25. The fourth-order valence-electron chi connectivity index (χ4n) is 3.43. The molecule has 146 valence electrons. The van der Waals surface area contributed by atoms with Gasteiger partial charge in [-0.05, 0) is 50.0 Å². The number of carbonyl (C=O) groups excluding carboxylic acids is 2. The summed E-state index contributed by atoms with van der Waals surface area (Å²) >= 11 is 0. The molecule has 0 aromatic heterocycles. The van der Waals surface area contributed by atoms with Gasteiger partial charge in [0.05, 0.1) is 0 Å². The first kappa shape index (κ1) is 19.4. The van der Waals surface area contributed by atoms with Crippen molar-refractivity contribution in [3.05, 3.63) is 42.0 Å². The second-order valence-electron chi connectivity index (χ2n) is 7.25. The lowest BCUT2D eigenvalue weighted by atomic mass is 10.2. The van der Waals surface area contributed by atoms with Crippen molar-refractivity contribution in [3.8, 4) is 5.75 Å². The third kappa shape index (κ3) is 5.10. The molecule has 2 heterocycles. The lowest BCUT2D eigenvalue weighted by Crippen LogP contribution is -2.41. The number of benzene rings is 1. The minimum Gasteiger partial charge on any atom is -0.489 e. The van der Waals surface area contributed by atoms with Crippen molar-refractivity contribution >= 4 is 11.8 Å². The van der Waals surface area contributed by atoms with E-state index in [1.807, 2.05) is 28.9 Å². The first-order valence-electron chi connectivity index (χ1n) is 9.61. The summed E-state index contributed by atoms with van der Waals surface area (Å²) in [5, 5.41) is 0. The summed E-state index contributed by atoms with van der Waals surface area (Å²) in [6.07, 6.45) is 2.22. The van der Waals surface area contributed by atoms with Crippen LogP contribution in [-0.4, -0.2) is 67.1 Å². The summed E-state index contributed by atoms with van der Waals surface area (Å²) in [4.78, 5) is 29.1. The lowest BCUT2D eigenvalue weighted by molar-refractivity contribution is -0.140. The van der Waals surface area contributed by atoms with Gasteiger partial charge < -0.3 is 19.3 Å². The predicted octanol–water partition coefficient (Wildman–Crippen LogP) is 2.50. The molecule has 0 unspecified atom stereocenters.